The van der Waals surface area contributed by atoms with Gasteiger partial charge in [0.1, 0.15) is 5.01 Å². The van der Waals surface area contributed by atoms with Gasteiger partial charge in [0.2, 0.25) is 0 Å². The number of benzene rings is 1. The molecule has 0 atom stereocenters. The predicted molar refractivity (Wildman–Crippen MR) is 85.4 cm³/mol. The molecule has 0 saturated heterocycles. The number of aromatic nitrogens is 2. The van der Waals surface area contributed by atoms with E-state index < -0.39 is 0 Å². The summed E-state index contributed by atoms with van der Waals surface area (Å²) in [4.78, 5) is 4.39. The molecule has 3 nitrogen and oxygen atoms in total. The Morgan fingerprint density at radius 1 is 1.30 bits per heavy atom. The van der Waals surface area contributed by atoms with Crippen LogP contribution in [0.4, 0.5) is 0 Å². The Balaban J connectivity index is 1.91. The van der Waals surface area contributed by atoms with Gasteiger partial charge >= 0.3 is 0 Å². The van der Waals surface area contributed by atoms with Crippen LogP contribution in [0.1, 0.15) is 17.5 Å². The summed E-state index contributed by atoms with van der Waals surface area (Å²) in [5.41, 5.74) is 2.72. The zero-order valence-electron chi connectivity index (χ0n) is 11.7. The Morgan fingerprint density at radius 3 is 3.00 bits per heavy atom. The molecule has 104 valence electrons. The van der Waals surface area contributed by atoms with Crippen LogP contribution in [0.3, 0.4) is 0 Å². The summed E-state index contributed by atoms with van der Waals surface area (Å²) in [5, 5.41) is 7.95. The van der Waals surface area contributed by atoms with Crippen LogP contribution < -0.4 is 5.32 Å². The molecule has 0 aliphatic rings. The van der Waals surface area contributed by atoms with Crippen LogP contribution in [0.25, 0.3) is 10.9 Å². The first-order valence-corrected chi connectivity index (χ1v) is 7.92. The molecule has 1 aromatic carbocycles. The van der Waals surface area contributed by atoms with E-state index in [1.165, 1.54) is 16.5 Å². The second-order valence-electron chi connectivity index (χ2n) is 4.83. The molecular weight excluding hydrogens is 266 g/mol. The molecule has 0 radical (unpaired) electrons. The number of likely N-dealkylation sites (N-methyl/N-ethyl adjacent to an activating group) is 1. The van der Waals surface area contributed by atoms with E-state index in [0.29, 0.717) is 0 Å². The van der Waals surface area contributed by atoms with Crippen molar-refractivity contribution in [1.29, 1.82) is 0 Å². The van der Waals surface area contributed by atoms with Crippen molar-refractivity contribution in [3.63, 3.8) is 0 Å². The molecule has 2 aromatic heterocycles. The van der Waals surface area contributed by atoms with Crippen LogP contribution in [0, 0.1) is 0 Å². The van der Waals surface area contributed by atoms with Gasteiger partial charge < -0.3 is 9.88 Å². The summed E-state index contributed by atoms with van der Waals surface area (Å²) in [6, 6.07) is 8.64. The lowest BCUT2D eigenvalue weighted by Gasteiger charge is -2.01. The van der Waals surface area contributed by atoms with Crippen molar-refractivity contribution in [3.05, 3.63) is 52.6 Å². The van der Waals surface area contributed by atoms with E-state index in [-0.39, 0.29) is 0 Å². The third-order valence-corrected chi connectivity index (χ3v) is 4.25. The Hall–Kier alpha value is -1.65. The zero-order chi connectivity index (χ0) is 13.8. The summed E-state index contributed by atoms with van der Waals surface area (Å²) in [6.07, 6.45) is 5.22. The van der Waals surface area contributed by atoms with Crippen molar-refractivity contribution in [2.45, 2.75) is 19.9 Å². The van der Waals surface area contributed by atoms with Gasteiger partial charge in [-0.05, 0) is 31.1 Å². The topological polar surface area (TPSA) is 29.9 Å². The molecule has 0 fully saturated rings. The number of hydrogen-bond donors (Lipinski definition) is 1. The number of nitrogens with zero attached hydrogens (tertiary/aromatic N) is 2. The van der Waals surface area contributed by atoms with E-state index in [4.69, 9.17) is 0 Å². The Labute approximate surface area is 123 Å². The van der Waals surface area contributed by atoms with Crippen LogP contribution in [-0.4, -0.2) is 22.6 Å². The van der Waals surface area contributed by atoms with Gasteiger partial charge in [0.15, 0.2) is 0 Å². The van der Waals surface area contributed by atoms with Gasteiger partial charge in [-0.2, -0.15) is 0 Å². The molecule has 20 heavy (non-hydrogen) atoms. The number of rotatable bonds is 6. The van der Waals surface area contributed by atoms with Gasteiger partial charge in [-0.15, -0.1) is 11.3 Å². The molecule has 0 amide bonds. The number of para-hydroxylation sites is 1. The summed E-state index contributed by atoms with van der Waals surface area (Å²) >= 11 is 1.71. The van der Waals surface area contributed by atoms with Gasteiger partial charge in [-0.25, -0.2) is 4.98 Å². The maximum atomic E-state index is 4.39. The second kappa shape index (κ2) is 6.20. The van der Waals surface area contributed by atoms with Gasteiger partial charge in [-0.1, -0.05) is 25.1 Å². The minimum atomic E-state index is 0.861. The molecule has 3 aromatic rings. The summed E-state index contributed by atoms with van der Waals surface area (Å²) in [7, 11) is 0. The first-order chi connectivity index (χ1) is 9.88. The normalized spacial score (nSPS) is 11.2. The van der Waals surface area contributed by atoms with E-state index >= 15 is 0 Å². The van der Waals surface area contributed by atoms with Crippen LogP contribution in [-0.2, 0) is 13.0 Å². The molecule has 4 heteroatoms. The Kier molecular flexibility index (Phi) is 4.14. The first kappa shape index (κ1) is 13.3. The van der Waals surface area contributed by atoms with E-state index in [2.05, 4.69) is 52.3 Å². The van der Waals surface area contributed by atoms with E-state index in [1.54, 1.807) is 11.3 Å². The third kappa shape index (κ3) is 2.76. The van der Waals surface area contributed by atoms with E-state index in [9.17, 15) is 0 Å². The summed E-state index contributed by atoms with van der Waals surface area (Å²) < 4.78 is 2.31. The lowest BCUT2D eigenvalue weighted by atomic mass is 10.1. The lowest BCUT2D eigenvalue weighted by Crippen LogP contribution is -2.15. The van der Waals surface area contributed by atoms with E-state index in [0.717, 1.165) is 31.1 Å². The van der Waals surface area contributed by atoms with Crippen molar-refractivity contribution in [2.24, 2.45) is 0 Å². The van der Waals surface area contributed by atoms with Crippen LogP contribution >= 0.6 is 11.3 Å². The highest BCUT2D eigenvalue weighted by Crippen LogP contribution is 2.23. The smallest absolute Gasteiger partial charge is 0.112 e. The van der Waals surface area contributed by atoms with Crippen molar-refractivity contribution in [3.8, 4) is 0 Å². The fourth-order valence-electron chi connectivity index (χ4n) is 2.53. The fraction of sp³-hybridized carbons (Fsp3) is 0.312. The van der Waals surface area contributed by atoms with Crippen molar-refractivity contribution in [2.75, 3.05) is 13.1 Å². The first-order valence-electron chi connectivity index (χ1n) is 7.04. The molecule has 0 saturated carbocycles. The van der Waals surface area contributed by atoms with Crippen LogP contribution in [0.5, 0.6) is 0 Å². The van der Waals surface area contributed by atoms with Gasteiger partial charge in [0, 0.05) is 28.7 Å². The van der Waals surface area contributed by atoms with Crippen molar-refractivity contribution in [1.82, 2.24) is 14.9 Å². The van der Waals surface area contributed by atoms with Crippen molar-refractivity contribution < 1.29 is 0 Å². The molecule has 0 aliphatic heterocycles. The van der Waals surface area contributed by atoms with E-state index in [1.807, 2.05) is 11.6 Å². The second-order valence-corrected chi connectivity index (χ2v) is 5.81. The molecule has 3 rings (SSSR count). The quantitative estimate of drug-likeness (QED) is 0.704. The molecule has 0 unspecified atom stereocenters. The standard InChI is InChI=1S/C16H19N3S/c1-2-17-8-7-13-11-19(12-16-18-9-10-20-16)15-6-4-3-5-14(13)15/h3-6,9-11,17H,2,7-8,12H2,1H3. The average Bonchev–Trinajstić information content (AvgIpc) is 3.09. The number of fused-ring (bicyclic) bond motifs is 1. The third-order valence-electron chi connectivity index (χ3n) is 3.48. The largest absolute Gasteiger partial charge is 0.340 e. The highest BCUT2D eigenvalue weighted by atomic mass is 32.1. The SMILES string of the molecule is CCNCCc1cn(Cc2nccs2)c2ccccc12. The Bertz CT molecular complexity index is 670. The fourth-order valence-corrected chi connectivity index (χ4v) is 3.14. The minimum absolute atomic E-state index is 0.861. The number of nitrogens with one attached hydrogen (secondary N) is 1. The zero-order valence-corrected chi connectivity index (χ0v) is 12.5. The summed E-state index contributed by atoms with van der Waals surface area (Å²) in [6.45, 7) is 5.06. The molecule has 0 spiro atoms. The monoisotopic (exact) mass is 285 g/mol. The van der Waals surface area contributed by atoms with Gasteiger partial charge in [-0.3, -0.25) is 0 Å². The molecule has 0 bridgehead atoms. The lowest BCUT2D eigenvalue weighted by molar-refractivity contribution is 0.715. The molecule has 0 aliphatic carbocycles. The molecule has 1 N–H and O–H groups in total. The highest BCUT2D eigenvalue weighted by molar-refractivity contribution is 7.09. The minimum Gasteiger partial charge on any atom is -0.340 e. The van der Waals surface area contributed by atoms with Crippen molar-refractivity contribution >= 4 is 22.2 Å². The van der Waals surface area contributed by atoms with Crippen LogP contribution in [0.15, 0.2) is 42.0 Å². The summed E-state index contributed by atoms with van der Waals surface area (Å²) in [5.74, 6) is 0. The average molecular weight is 285 g/mol. The maximum absolute atomic E-state index is 4.39. The Morgan fingerprint density at radius 2 is 2.20 bits per heavy atom. The predicted octanol–water partition coefficient (Wildman–Crippen LogP) is 3.30. The molecule has 2 heterocycles. The maximum Gasteiger partial charge on any atom is 0.112 e. The number of thiazole rings is 1. The van der Waals surface area contributed by atoms with Gasteiger partial charge in [0.05, 0.1) is 6.54 Å². The molecular formula is C16H19N3S. The van der Waals surface area contributed by atoms with Crippen LogP contribution in [0.2, 0.25) is 0 Å². The highest BCUT2D eigenvalue weighted by Gasteiger charge is 2.08. The van der Waals surface area contributed by atoms with Gasteiger partial charge in [0.25, 0.3) is 0 Å². The number of hydrogen-bond acceptors (Lipinski definition) is 3.